The predicted octanol–water partition coefficient (Wildman–Crippen LogP) is 3.93. The van der Waals surface area contributed by atoms with Crippen molar-refractivity contribution in [3.8, 4) is 0 Å². The monoisotopic (exact) mass is 283 g/mol. The van der Waals surface area contributed by atoms with E-state index in [0.29, 0.717) is 12.0 Å². The van der Waals surface area contributed by atoms with E-state index in [1.807, 2.05) is 30.7 Å². The molecule has 112 valence electrons. The number of hydrogen-bond acceptors (Lipinski definition) is 2. The van der Waals surface area contributed by atoms with Gasteiger partial charge in [0.25, 0.3) is 0 Å². The van der Waals surface area contributed by atoms with Crippen LogP contribution in [0.25, 0.3) is 0 Å². The second-order valence-electron chi connectivity index (χ2n) is 6.45. The fourth-order valence-corrected chi connectivity index (χ4v) is 3.61. The molecule has 1 heterocycles. The highest BCUT2D eigenvalue weighted by Crippen LogP contribution is 2.39. The van der Waals surface area contributed by atoms with Crippen LogP contribution in [0.2, 0.25) is 0 Å². The molecule has 3 nitrogen and oxygen atoms in total. The zero-order valence-corrected chi connectivity index (χ0v) is 12.9. The van der Waals surface area contributed by atoms with Crippen LogP contribution < -0.4 is 5.73 Å². The van der Waals surface area contributed by atoms with Crippen molar-refractivity contribution in [2.45, 2.75) is 45.2 Å². The molecule has 2 aromatic rings. The van der Waals surface area contributed by atoms with Crippen LogP contribution in [0.4, 0.5) is 0 Å². The van der Waals surface area contributed by atoms with Gasteiger partial charge in [0, 0.05) is 6.04 Å². The molecular formula is C18H25N3. The van der Waals surface area contributed by atoms with Crippen molar-refractivity contribution in [3.63, 3.8) is 0 Å². The molecule has 2 N–H and O–H groups in total. The lowest BCUT2D eigenvalue weighted by molar-refractivity contribution is 0.183. The fraction of sp³-hybridized carbons (Fsp3) is 0.500. The third-order valence-electron chi connectivity index (χ3n) is 5.19. The Kier molecular flexibility index (Phi) is 4.11. The third-order valence-corrected chi connectivity index (χ3v) is 5.19. The summed E-state index contributed by atoms with van der Waals surface area (Å²) in [6.07, 6.45) is 7.78. The molecule has 1 aromatic carbocycles. The lowest BCUT2D eigenvalue weighted by Crippen LogP contribution is -2.29. The third kappa shape index (κ3) is 2.75. The summed E-state index contributed by atoms with van der Waals surface area (Å²) in [5.41, 5.74) is 8.77. The topological polar surface area (TPSA) is 43.8 Å². The summed E-state index contributed by atoms with van der Waals surface area (Å²) in [4.78, 5) is 4.39. The molecule has 1 aliphatic carbocycles. The van der Waals surface area contributed by atoms with Gasteiger partial charge in [-0.05, 0) is 23.8 Å². The zero-order chi connectivity index (χ0) is 14.8. The van der Waals surface area contributed by atoms with E-state index < -0.39 is 0 Å². The zero-order valence-electron chi connectivity index (χ0n) is 12.9. The van der Waals surface area contributed by atoms with Crippen LogP contribution in [0, 0.1) is 11.8 Å². The Hall–Kier alpha value is -1.61. The van der Waals surface area contributed by atoms with Crippen molar-refractivity contribution < 1.29 is 0 Å². The van der Waals surface area contributed by atoms with E-state index in [1.54, 1.807) is 0 Å². The summed E-state index contributed by atoms with van der Waals surface area (Å²) in [7, 11) is 0. The van der Waals surface area contributed by atoms with Crippen molar-refractivity contribution in [2.24, 2.45) is 17.6 Å². The number of benzene rings is 1. The van der Waals surface area contributed by atoms with Crippen LogP contribution >= 0.6 is 0 Å². The van der Waals surface area contributed by atoms with Gasteiger partial charge in [-0.3, -0.25) is 0 Å². The number of nitrogens with zero attached hydrogens (tertiary/aromatic N) is 2. The molecule has 0 amide bonds. The van der Waals surface area contributed by atoms with E-state index in [9.17, 15) is 0 Å². The Labute approximate surface area is 127 Å². The fourth-order valence-electron chi connectivity index (χ4n) is 3.61. The van der Waals surface area contributed by atoms with E-state index in [1.165, 1.54) is 19.3 Å². The van der Waals surface area contributed by atoms with Crippen molar-refractivity contribution in [1.82, 2.24) is 9.55 Å². The Balaban J connectivity index is 1.90. The highest BCUT2D eigenvalue weighted by atomic mass is 15.1. The van der Waals surface area contributed by atoms with Crippen LogP contribution in [-0.4, -0.2) is 9.55 Å². The van der Waals surface area contributed by atoms with Gasteiger partial charge >= 0.3 is 0 Å². The predicted molar refractivity (Wildman–Crippen MR) is 85.9 cm³/mol. The summed E-state index contributed by atoms with van der Waals surface area (Å²) in [5, 5.41) is 0. The first kappa shape index (κ1) is 14.3. The SMILES string of the molecule is CC1CCCC(n2cncc2C(N)c2ccccc2)C1C. The summed E-state index contributed by atoms with van der Waals surface area (Å²) in [5.74, 6) is 1.45. The van der Waals surface area contributed by atoms with Gasteiger partial charge in [-0.15, -0.1) is 0 Å². The molecule has 4 unspecified atom stereocenters. The van der Waals surface area contributed by atoms with Crippen molar-refractivity contribution in [2.75, 3.05) is 0 Å². The number of nitrogens with two attached hydrogens (primary N) is 1. The molecule has 4 atom stereocenters. The van der Waals surface area contributed by atoms with E-state index in [2.05, 4.69) is 35.5 Å². The van der Waals surface area contributed by atoms with Crippen LogP contribution in [0.15, 0.2) is 42.9 Å². The number of imidazole rings is 1. The maximum atomic E-state index is 6.49. The van der Waals surface area contributed by atoms with Gasteiger partial charge < -0.3 is 10.3 Å². The lowest BCUT2D eigenvalue weighted by atomic mass is 9.78. The van der Waals surface area contributed by atoms with E-state index in [0.717, 1.165) is 17.2 Å². The minimum atomic E-state index is -0.0990. The maximum Gasteiger partial charge on any atom is 0.0951 e. The first-order valence-electron chi connectivity index (χ1n) is 8.00. The summed E-state index contributed by atoms with van der Waals surface area (Å²) >= 11 is 0. The van der Waals surface area contributed by atoms with Gasteiger partial charge in [0.2, 0.25) is 0 Å². The smallest absolute Gasteiger partial charge is 0.0951 e. The Morgan fingerprint density at radius 3 is 2.71 bits per heavy atom. The quantitative estimate of drug-likeness (QED) is 0.927. The largest absolute Gasteiger partial charge is 0.329 e. The highest BCUT2D eigenvalue weighted by molar-refractivity contribution is 5.26. The van der Waals surface area contributed by atoms with Gasteiger partial charge in [-0.1, -0.05) is 57.0 Å². The summed E-state index contributed by atoms with van der Waals surface area (Å²) in [6.45, 7) is 4.73. The number of hydrogen-bond donors (Lipinski definition) is 1. The van der Waals surface area contributed by atoms with Gasteiger partial charge in [-0.2, -0.15) is 0 Å². The normalized spacial score (nSPS) is 27.5. The van der Waals surface area contributed by atoms with Gasteiger partial charge in [0.15, 0.2) is 0 Å². The summed E-state index contributed by atoms with van der Waals surface area (Å²) in [6, 6.07) is 10.7. The van der Waals surface area contributed by atoms with Crippen molar-refractivity contribution in [1.29, 1.82) is 0 Å². The number of rotatable bonds is 3. The first-order valence-corrected chi connectivity index (χ1v) is 8.00. The number of aromatic nitrogens is 2. The molecular weight excluding hydrogens is 258 g/mol. The van der Waals surface area contributed by atoms with Gasteiger partial charge in [0.1, 0.15) is 0 Å². The van der Waals surface area contributed by atoms with Crippen LogP contribution in [-0.2, 0) is 0 Å². The average Bonchev–Trinajstić information content (AvgIpc) is 2.99. The maximum absolute atomic E-state index is 6.49. The van der Waals surface area contributed by atoms with E-state index in [4.69, 9.17) is 5.73 Å². The van der Waals surface area contributed by atoms with Crippen LogP contribution in [0.3, 0.4) is 0 Å². The molecule has 0 aliphatic heterocycles. The Morgan fingerprint density at radius 2 is 1.95 bits per heavy atom. The van der Waals surface area contributed by atoms with E-state index >= 15 is 0 Å². The molecule has 1 aliphatic rings. The average molecular weight is 283 g/mol. The molecule has 1 fully saturated rings. The molecule has 1 saturated carbocycles. The van der Waals surface area contributed by atoms with Crippen molar-refractivity contribution in [3.05, 3.63) is 54.1 Å². The molecule has 0 saturated heterocycles. The lowest BCUT2D eigenvalue weighted by Gasteiger charge is -2.36. The molecule has 21 heavy (non-hydrogen) atoms. The van der Waals surface area contributed by atoms with Crippen LogP contribution in [0.5, 0.6) is 0 Å². The minimum Gasteiger partial charge on any atom is -0.329 e. The standard InChI is InChI=1S/C18H25N3/c1-13-7-6-10-16(14(13)2)21-12-20-11-17(21)18(19)15-8-4-3-5-9-15/h3-5,8-9,11-14,16,18H,6-7,10,19H2,1-2H3. The molecule has 3 heteroatoms. The Bertz CT molecular complexity index is 575. The Morgan fingerprint density at radius 1 is 1.19 bits per heavy atom. The van der Waals surface area contributed by atoms with Crippen LogP contribution in [0.1, 0.15) is 56.5 Å². The van der Waals surface area contributed by atoms with Gasteiger partial charge in [-0.25, -0.2) is 4.98 Å². The second-order valence-corrected chi connectivity index (χ2v) is 6.45. The second kappa shape index (κ2) is 6.02. The van der Waals surface area contributed by atoms with Crippen molar-refractivity contribution >= 4 is 0 Å². The van der Waals surface area contributed by atoms with Gasteiger partial charge in [0.05, 0.1) is 24.3 Å². The summed E-state index contributed by atoms with van der Waals surface area (Å²) < 4.78 is 2.33. The first-order chi connectivity index (χ1) is 10.2. The minimum absolute atomic E-state index is 0.0990. The molecule has 0 radical (unpaired) electrons. The molecule has 0 bridgehead atoms. The highest BCUT2D eigenvalue weighted by Gasteiger charge is 2.30. The molecule has 1 aromatic heterocycles. The van der Waals surface area contributed by atoms with E-state index in [-0.39, 0.29) is 6.04 Å². The molecule has 0 spiro atoms. The molecule has 3 rings (SSSR count).